The van der Waals surface area contributed by atoms with E-state index in [1.54, 1.807) is 23.0 Å². The normalized spacial score (nSPS) is 28.1. The Balaban J connectivity index is 1.34. The van der Waals surface area contributed by atoms with Crippen molar-refractivity contribution < 1.29 is 23.1 Å². The number of piperidine rings is 1. The lowest BCUT2D eigenvalue weighted by atomic mass is 9.84. The largest absolute Gasteiger partial charge is 0.492 e. The number of ether oxygens (including phenoxy) is 1. The number of rotatable bonds is 3. The molecule has 1 aliphatic carbocycles. The first kappa shape index (κ1) is 24.8. The van der Waals surface area contributed by atoms with Gasteiger partial charge >= 0.3 is 0 Å². The minimum absolute atomic E-state index is 0.0160. The summed E-state index contributed by atoms with van der Waals surface area (Å²) in [5.41, 5.74) is 1.18. The minimum Gasteiger partial charge on any atom is -0.492 e. The van der Waals surface area contributed by atoms with Gasteiger partial charge in [-0.3, -0.25) is 9.48 Å². The smallest absolute Gasteiger partial charge is 0.247 e. The number of aliphatic hydroxyl groups is 1. The maximum Gasteiger partial charge on any atom is 0.247 e. The number of nitrogens with zero attached hydrogens (tertiary/aromatic N) is 4. The molecule has 10 nitrogen and oxygen atoms in total. The Morgan fingerprint density at radius 2 is 1.97 bits per heavy atom. The van der Waals surface area contributed by atoms with E-state index in [0.717, 1.165) is 53.8 Å². The standard InChI is InChI=1S/C26H35N5O5S/c1-29-16-20(14-27-29)19-4-5-24-23(12-19)36-11-8-26(6-9-30(10-7-26)15-18-2-3-18)28-25(33)22-13-21(32)17-31(22)37(24,34)35/h4-5,12,14,16,18,21-22,32H,2-3,6-11,13,15,17H2,1H3,(H,28,33)/t21-,22+/m1/s1. The molecule has 2 aromatic rings. The van der Waals surface area contributed by atoms with Crippen molar-refractivity contribution in [1.29, 1.82) is 0 Å². The summed E-state index contributed by atoms with van der Waals surface area (Å²) in [6, 6.07) is 4.06. The second-order valence-corrected chi connectivity index (χ2v) is 13.0. The second kappa shape index (κ2) is 9.37. The van der Waals surface area contributed by atoms with Gasteiger partial charge in [-0.15, -0.1) is 0 Å². The van der Waals surface area contributed by atoms with Gasteiger partial charge in [0, 0.05) is 63.4 Å². The van der Waals surface area contributed by atoms with Crippen LogP contribution in [0.3, 0.4) is 0 Å². The van der Waals surface area contributed by atoms with Crippen molar-refractivity contribution in [2.45, 2.75) is 61.1 Å². The zero-order valence-electron chi connectivity index (χ0n) is 21.2. The molecule has 200 valence electrons. The van der Waals surface area contributed by atoms with Gasteiger partial charge < -0.3 is 20.1 Å². The summed E-state index contributed by atoms with van der Waals surface area (Å²) in [6.45, 7) is 3.08. The van der Waals surface area contributed by atoms with Gasteiger partial charge in [0.25, 0.3) is 0 Å². The van der Waals surface area contributed by atoms with Crippen molar-refractivity contribution in [2.75, 3.05) is 32.8 Å². The molecule has 6 rings (SSSR count). The molecule has 1 aromatic carbocycles. The Bertz CT molecular complexity index is 1280. The quantitative estimate of drug-likeness (QED) is 0.617. The van der Waals surface area contributed by atoms with Crippen molar-refractivity contribution in [3.05, 3.63) is 30.6 Å². The number of carbonyl (C=O) groups excluding carboxylic acids is 1. The molecule has 37 heavy (non-hydrogen) atoms. The Labute approximate surface area is 217 Å². The number of amides is 1. The summed E-state index contributed by atoms with van der Waals surface area (Å²) in [5.74, 6) is 0.743. The topological polar surface area (TPSA) is 117 Å². The van der Waals surface area contributed by atoms with Crippen LogP contribution in [0.15, 0.2) is 35.5 Å². The Morgan fingerprint density at radius 3 is 2.68 bits per heavy atom. The fourth-order valence-corrected chi connectivity index (χ4v) is 7.72. The predicted octanol–water partition coefficient (Wildman–Crippen LogP) is 1.35. The average Bonchev–Trinajstić information content (AvgIpc) is 3.42. The highest BCUT2D eigenvalue weighted by atomic mass is 32.2. The van der Waals surface area contributed by atoms with E-state index in [9.17, 15) is 18.3 Å². The number of likely N-dealkylation sites (tertiary alicyclic amines) is 1. The summed E-state index contributed by atoms with van der Waals surface area (Å²) < 4.78 is 36.7. The van der Waals surface area contributed by atoms with E-state index in [1.165, 1.54) is 18.9 Å². The first-order valence-electron chi connectivity index (χ1n) is 13.2. The third-order valence-electron chi connectivity index (χ3n) is 8.36. The number of sulfonamides is 1. The number of carbonyl (C=O) groups is 1. The van der Waals surface area contributed by atoms with Gasteiger partial charge in [-0.05, 0) is 49.3 Å². The van der Waals surface area contributed by atoms with E-state index in [-0.39, 0.29) is 36.1 Å². The van der Waals surface area contributed by atoms with Crippen LogP contribution in [0, 0.1) is 5.92 Å². The van der Waals surface area contributed by atoms with Crippen LogP contribution in [0.5, 0.6) is 5.75 Å². The molecule has 11 heteroatoms. The first-order valence-corrected chi connectivity index (χ1v) is 14.7. The van der Waals surface area contributed by atoms with Gasteiger partial charge in [0.05, 0.1) is 18.9 Å². The molecule has 2 saturated heterocycles. The summed E-state index contributed by atoms with van der Waals surface area (Å²) >= 11 is 0. The second-order valence-electron chi connectivity index (χ2n) is 11.2. The van der Waals surface area contributed by atoms with E-state index in [0.29, 0.717) is 6.42 Å². The number of hydrogen-bond donors (Lipinski definition) is 2. The number of nitrogens with one attached hydrogen (secondary N) is 1. The number of fused-ring (bicyclic) bond motifs is 2. The van der Waals surface area contributed by atoms with E-state index in [4.69, 9.17) is 4.74 Å². The maximum atomic E-state index is 13.8. The lowest BCUT2D eigenvalue weighted by Crippen LogP contribution is -2.59. The van der Waals surface area contributed by atoms with E-state index >= 15 is 0 Å². The number of hydrogen-bond acceptors (Lipinski definition) is 7. The van der Waals surface area contributed by atoms with Crippen molar-refractivity contribution in [3.8, 4) is 16.9 Å². The Hall–Kier alpha value is -2.47. The minimum atomic E-state index is -4.09. The maximum absolute atomic E-state index is 13.8. The Kier molecular flexibility index (Phi) is 6.29. The fourth-order valence-electron chi connectivity index (χ4n) is 5.97. The number of benzene rings is 1. The molecule has 4 heterocycles. The van der Waals surface area contributed by atoms with Gasteiger partial charge in [-0.1, -0.05) is 6.07 Å². The zero-order chi connectivity index (χ0) is 25.8. The molecule has 4 aliphatic rings. The van der Waals surface area contributed by atoms with Crippen LogP contribution < -0.4 is 10.1 Å². The van der Waals surface area contributed by atoms with Crippen LogP contribution in [0.1, 0.15) is 38.5 Å². The highest BCUT2D eigenvalue weighted by Gasteiger charge is 2.47. The molecule has 1 amide bonds. The van der Waals surface area contributed by atoms with E-state index < -0.39 is 27.7 Å². The molecule has 0 unspecified atom stereocenters. The summed E-state index contributed by atoms with van der Waals surface area (Å²) in [7, 11) is -2.27. The summed E-state index contributed by atoms with van der Waals surface area (Å²) in [6.07, 6.45) is 7.55. The van der Waals surface area contributed by atoms with Crippen LogP contribution >= 0.6 is 0 Å². The average molecular weight is 530 g/mol. The van der Waals surface area contributed by atoms with Gasteiger partial charge in [0.1, 0.15) is 16.7 Å². The summed E-state index contributed by atoms with van der Waals surface area (Å²) in [5, 5.41) is 17.9. The molecule has 0 bridgehead atoms. The third kappa shape index (κ3) is 4.89. The molecular weight excluding hydrogens is 494 g/mol. The molecule has 3 aliphatic heterocycles. The van der Waals surface area contributed by atoms with Crippen molar-refractivity contribution in [3.63, 3.8) is 0 Å². The molecule has 3 fully saturated rings. The molecule has 2 N–H and O–H groups in total. The molecule has 1 spiro atoms. The number of aliphatic hydroxyl groups excluding tert-OH is 1. The van der Waals surface area contributed by atoms with Crippen LogP contribution in [0.4, 0.5) is 0 Å². The lowest BCUT2D eigenvalue weighted by Gasteiger charge is -2.43. The highest BCUT2D eigenvalue weighted by Crippen LogP contribution is 2.38. The number of aromatic nitrogens is 2. The van der Waals surface area contributed by atoms with Crippen LogP contribution in [-0.4, -0.2) is 88.9 Å². The first-order chi connectivity index (χ1) is 17.7. The van der Waals surface area contributed by atoms with Crippen LogP contribution in [0.25, 0.3) is 11.1 Å². The lowest BCUT2D eigenvalue weighted by molar-refractivity contribution is -0.127. The van der Waals surface area contributed by atoms with Gasteiger partial charge in [0.15, 0.2) is 0 Å². The predicted molar refractivity (Wildman–Crippen MR) is 136 cm³/mol. The van der Waals surface area contributed by atoms with Crippen molar-refractivity contribution >= 4 is 15.9 Å². The zero-order valence-corrected chi connectivity index (χ0v) is 22.0. The molecule has 0 radical (unpaired) electrons. The number of aryl methyl sites for hydroxylation is 1. The van der Waals surface area contributed by atoms with Gasteiger partial charge in [-0.2, -0.15) is 9.40 Å². The summed E-state index contributed by atoms with van der Waals surface area (Å²) in [4.78, 5) is 16.1. The molecule has 2 atom stereocenters. The van der Waals surface area contributed by atoms with Crippen LogP contribution in [-0.2, 0) is 21.9 Å². The van der Waals surface area contributed by atoms with E-state index in [1.807, 2.05) is 13.2 Å². The van der Waals surface area contributed by atoms with Crippen molar-refractivity contribution in [2.24, 2.45) is 13.0 Å². The Morgan fingerprint density at radius 1 is 1.19 bits per heavy atom. The van der Waals surface area contributed by atoms with Crippen molar-refractivity contribution in [1.82, 2.24) is 24.3 Å². The van der Waals surface area contributed by atoms with Gasteiger partial charge in [-0.25, -0.2) is 8.42 Å². The van der Waals surface area contributed by atoms with Crippen LogP contribution in [0.2, 0.25) is 0 Å². The van der Waals surface area contributed by atoms with Gasteiger partial charge in [0.2, 0.25) is 15.9 Å². The van der Waals surface area contributed by atoms with E-state index in [2.05, 4.69) is 15.3 Å². The third-order valence-corrected chi connectivity index (χ3v) is 10.3. The highest BCUT2D eigenvalue weighted by molar-refractivity contribution is 7.89. The molecule has 1 aromatic heterocycles. The molecular formula is C26H35N5O5S. The fraction of sp³-hybridized carbons (Fsp3) is 0.615. The SMILES string of the molecule is Cn1cc(-c2ccc3c(c2)OCCC2(CCN(CC4CC4)CC2)NC(=O)[C@@H]2C[C@@H](O)CN2S3(=O)=O)cn1. The monoisotopic (exact) mass is 529 g/mol. The molecule has 1 saturated carbocycles.